The van der Waals surface area contributed by atoms with Crippen LogP contribution in [0.25, 0.3) is 10.2 Å². The molecule has 0 spiro atoms. The van der Waals surface area contributed by atoms with Crippen molar-refractivity contribution < 1.29 is 4.74 Å². The van der Waals surface area contributed by atoms with Gasteiger partial charge in [-0.25, -0.2) is 9.97 Å². The molecule has 94 valence electrons. The third-order valence-corrected chi connectivity index (χ3v) is 3.96. The average molecular weight is 261 g/mol. The number of rotatable bonds is 4. The quantitative estimate of drug-likeness (QED) is 0.792. The first-order valence-electron chi connectivity index (χ1n) is 6.04. The van der Waals surface area contributed by atoms with Crippen LogP contribution in [0.3, 0.4) is 0 Å². The summed E-state index contributed by atoms with van der Waals surface area (Å²) in [6.07, 6.45) is 4.77. The van der Waals surface area contributed by atoms with Gasteiger partial charge in [-0.3, -0.25) is 0 Å². The molecule has 2 aromatic rings. The van der Waals surface area contributed by atoms with Crippen molar-refractivity contribution in [1.29, 1.82) is 0 Å². The maximum absolute atomic E-state index is 5.70. The van der Waals surface area contributed by atoms with Gasteiger partial charge in [-0.1, -0.05) is 6.08 Å². The first kappa shape index (κ1) is 11.6. The summed E-state index contributed by atoms with van der Waals surface area (Å²) in [7, 11) is 0. The molecule has 0 N–H and O–H groups in total. The van der Waals surface area contributed by atoms with Crippen LogP contribution in [0.4, 0.5) is 5.82 Å². The van der Waals surface area contributed by atoms with Crippen LogP contribution in [0, 0.1) is 0 Å². The number of hydrogen-bond acceptors (Lipinski definition) is 5. The summed E-state index contributed by atoms with van der Waals surface area (Å²) >= 11 is 1.65. The molecular formula is C13H15N3OS. The summed E-state index contributed by atoms with van der Waals surface area (Å²) in [6, 6.07) is 2.09. The predicted molar refractivity (Wildman–Crippen MR) is 74.2 cm³/mol. The van der Waals surface area contributed by atoms with E-state index in [0.717, 1.165) is 35.5 Å². The van der Waals surface area contributed by atoms with Crippen LogP contribution in [-0.2, 0) is 4.74 Å². The summed E-state index contributed by atoms with van der Waals surface area (Å²) in [5, 5.41) is 3.21. The topological polar surface area (TPSA) is 38.2 Å². The second-order valence-corrected chi connectivity index (χ2v) is 5.21. The van der Waals surface area contributed by atoms with E-state index in [0.29, 0.717) is 6.61 Å². The van der Waals surface area contributed by atoms with Gasteiger partial charge in [0.1, 0.15) is 17.0 Å². The molecule has 0 amide bonds. The van der Waals surface area contributed by atoms with Crippen molar-refractivity contribution in [3.63, 3.8) is 0 Å². The second kappa shape index (κ2) is 5.04. The highest BCUT2D eigenvalue weighted by atomic mass is 32.1. The number of aromatic nitrogens is 2. The zero-order chi connectivity index (χ0) is 12.4. The van der Waals surface area contributed by atoms with Crippen molar-refractivity contribution >= 4 is 27.4 Å². The monoisotopic (exact) mass is 261 g/mol. The molecule has 1 atom stereocenters. The third kappa shape index (κ3) is 2.11. The van der Waals surface area contributed by atoms with Crippen molar-refractivity contribution in [2.24, 2.45) is 0 Å². The van der Waals surface area contributed by atoms with E-state index in [1.165, 1.54) is 0 Å². The van der Waals surface area contributed by atoms with Gasteiger partial charge >= 0.3 is 0 Å². The summed E-state index contributed by atoms with van der Waals surface area (Å²) in [5.41, 5.74) is 0. The molecule has 1 saturated heterocycles. The molecule has 4 nitrogen and oxygen atoms in total. The smallest absolute Gasteiger partial charge is 0.140 e. The zero-order valence-electron chi connectivity index (χ0n) is 10.1. The van der Waals surface area contributed by atoms with Crippen molar-refractivity contribution in [1.82, 2.24) is 9.97 Å². The molecule has 2 aromatic heterocycles. The lowest BCUT2D eigenvalue weighted by Crippen LogP contribution is -2.23. The van der Waals surface area contributed by atoms with Gasteiger partial charge in [-0.15, -0.1) is 17.9 Å². The Balaban J connectivity index is 1.79. The zero-order valence-corrected chi connectivity index (χ0v) is 10.9. The number of fused-ring (bicyclic) bond motifs is 1. The third-order valence-electron chi connectivity index (χ3n) is 3.14. The van der Waals surface area contributed by atoms with E-state index in [4.69, 9.17) is 4.74 Å². The maximum Gasteiger partial charge on any atom is 0.140 e. The molecule has 3 rings (SSSR count). The molecule has 0 bridgehead atoms. The Hall–Kier alpha value is -1.46. The molecule has 1 aliphatic rings. The Morgan fingerprint density at radius 2 is 2.50 bits per heavy atom. The van der Waals surface area contributed by atoms with Crippen LogP contribution in [0.2, 0.25) is 0 Å². The minimum absolute atomic E-state index is 0.284. The lowest BCUT2D eigenvalue weighted by Gasteiger charge is -2.17. The van der Waals surface area contributed by atoms with Gasteiger partial charge in [-0.2, -0.15) is 0 Å². The molecule has 5 heteroatoms. The molecule has 0 aliphatic carbocycles. The molecule has 1 fully saturated rings. The summed E-state index contributed by atoms with van der Waals surface area (Å²) in [5.74, 6) is 1.03. The lowest BCUT2D eigenvalue weighted by molar-refractivity contribution is 0.0909. The molecule has 0 saturated carbocycles. The Labute approximate surface area is 110 Å². The largest absolute Gasteiger partial charge is 0.372 e. The Morgan fingerprint density at radius 1 is 1.56 bits per heavy atom. The van der Waals surface area contributed by atoms with E-state index in [1.54, 1.807) is 23.7 Å². The minimum Gasteiger partial charge on any atom is -0.372 e. The van der Waals surface area contributed by atoms with Crippen LogP contribution in [0.15, 0.2) is 30.4 Å². The fourth-order valence-electron chi connectivity index (χ4n) is 2.29. The average Bonchev–Trinajstić information content (AvgIpc) is 3.04. The molecular weight excluding hydrogens is 246 g/mol. The van der Waals surface area contributed by atoms with Crippen molar-refractivity contribution in [2.75, 3.05) is 24.6 Å². The van der Waals surface area contributed by atoms with E-state index in [2.05, 4.69) is 32.9 Å². The van der Waals surface area contributed by atoms with Gasteiger partial charge in [0.2, 0.25) is 0 Å². The normalized spacial score (nSPS) is 19.6. The minimum atomic E-state index is 0.284. The van der Waals surface area contributed by atoms with Crippen LogP contribution in [-0.4, -0.2) is 35.8 Å². The maximum atomic E-state index is 5.70. The SMILES string of the molecule is C=CCOC1CCN(c2ncnc3sccc23)C1. The highest BCUT2D eigenvalue weighted by molar-refractivity contribution is 7.16. The van der Waals surface area contributed by atoms with Crippen molar-refractivity contribution in [3.05, 3.63) is 30.4 Å². The molecule has 18 heavy (non-hydrogen) atoms. The van der Waals surface area contributed by atoms with Crippen molar-refractivity contribution in [3.8, 4) is 0 Å². The first-order chi connectivity index (χ1) is 8.88. The van der Waals surface area contributed by atoms with Gasteiger partial charge in [0.25, 0.3) is 0 Å². The van der Waals surface area contributed by atoms with Crippen LogP contribution < -0.4 is 4.90 Å². The summed E-state index contributed by atoms with van der Waals surface area (Å²) < 4.78 is 5.70. The second-order valence-electron chi connectivity index (χ2n) is 4.32. The van der Waals surface area contributed by atoms with Gasteiger partial charge < -0.3 is 9.64 Å². The Morgan fingerprint density at radius 3 is 3.39 bits per heavy atom. The van der Waals surface area contributed by atoms with E-state index in [9.17, 15) is 0 Å². The van der Waals surface area contributed by atoms with Crippen LogP contribution in [0.5, 0.6) is 0 Å². The van der Waals surface area contributed by atoms with Gasteiger partial charge in [0.05, 0.1) is 18.1 Å². The number of ether oxygens (including phenoxy) is 1. The van der Waals surface area contributed by atoms with Gasteiger partial charge in [-0.05, 0) is 17.9 Å². The Kier molecular flexibility index (Phi) is 3.25. The fraction of sp³-hybridized carbons (Fsp3) is 0.385. The molecule has 1 aliphatic heterocycles. The van der Waals surface area contributed by atoms with E-state index >= 15 is 0 Å². The Bertz CT molecular complexity index is 554. The van der Waals surface area contributed by atoms with E-state index in [1.807, 2.05) is 0 Å². The molecule has 3 heterocycles. The standard InChI is InChI=1S/C13H15N3OS/c1-2-6-17-10-3-5-16(8-10)12-11-4-7-18-13(11)15-9-14-12/h2,4,7,9-10H,1,3,5-6,8H2. The first-order valence-corrected chi connectivity index (χ1v) is 6.92. The van der Waals surface area contributed by atoms with E-state index in [-0.39, 0.29) is 6.10 Å². The van der Waals surface area contributed by atoms with E-state index < -0.39 is 0 Å². The number of hydrogen-bond donors (Lipinski definition) is 0. The number of thiophene rings is 1. The number of anilines is 1. The predicted octanol–water partition coefficient (Wildman–Crippen LogP) is 2.47. The lowest BCUT2D eigenvalue weighted by atomic mass is 10.3. The van der Waals surface area contributed by atoms with Gasteiger partial charge in [0.15, 0.2) is 0 Å². The summed E-state index contributed by atoms with van der Waals surface area (Å²) in [6.45, 7) is 6.18. The molecule has 0 aromatic carbocycles. The molecule has 0 radical (unpaired) electrons. The van der Waals surface area contributed by atoms with Gasteiger partial charge in [0, 0.05) is 13.1 Å². The molecule has 1 unspecified atom stereocenters. The highest BCUT2D eigenvalue weighted by Crippen LogP contribution is 2.29. The highest BCUT2D eigenvalue weighted by Gasteiger charge is 2.25. The van der Waals surface area contributed by atoms with Crippen LogP contribution in [0.1, 0.15) is 6.42 Å². The number of nitrogens with zero attached hydrogens (tertiary/aromatic N) is 3. The van der Waals surface area contributed by atoms with Crippen LogP contribution >= 0.6 is 11.3 Å². The fourth-order valence-corrected chi connectivity index (χ4v) is 3.02. The van der Waals surface area contributed by atoms with Crippen molar-refractivity contribution in [2.45, 2.75) is 12.5 Å². The summed E-state index contributed by atoms with van der Waals surface area (Å²) in [4.78, 5) is 12.0.